The van der Waals surface area contributed by atoms with Crippen molar-refractivity contribution in [3.8, 4) is 22.3 Å². The standard InChI is InChI=1S/2C27H35N3O8.CH4O3S/c2*1-17(8-9-31)37-16-26(33)30-19-5-7-21-20-6-4-18(29-25(32)15-36-11-3-10-35-2)12-22(20)24(23(21)13-19)14-38-27(28)34;1-5(2,3)4/h2*4-7,12-13,17,24,31H,3,8-11,14-16H2,1-2H3,(H2,28,34)(H,29,32)(H,30,33);1H3,(H,2,3,4)/i/hD2. The molecule has 0 radical (unpaired) electrons. The number of hydrogen-bond donors (Lipinski definition) is 9. The van der Waals surface area contributed by atoms with Crippen LogP contribution in [0.5, 0.6) is 0 Å². The van der Waals surface area contributed by atoms with Gasteiger partial charge >= 0.3 is 12.2 Å². The average Bonchev–Trinajstić information content (AvgIpc) is 2.27. The minimum absolute atomic E-state index is 0.0239. The van der Waals surface area contributed by atoms with Gasteiger partial charge in [0.25, 0.3) is 10.1 Å². The summed E-state index contributed by atoms with van der Waals surface area (Å²) in [7, 11) is -0.462. The Morgan fingerprint density at radius 3 is 1.11 bits per heavy atom. The van der Waals surface area contributed by atoms with Crippen LogP contribution in [0, 0.1) is 0 Å². The Labute approximate surface area is 473 Å². The van der Waals surface area contributed by atoms with Crippen molar-refractivity contribution in [3.05, 3.63) is 95.1 Å². The minimum atomic E-state index is -3.67. The van der Waals surface area contributed by atoms with E-state index in [4.69, 9.17) is 55.5 Å². The number of fused-ring (bicyclic) bond motifs is 6. The second kappa shape index (κ2) is 34.2. The highest BCUT2D eigenvalue weighted by molar-refractivity contribution is 7.85. The first kappa shape index (κ1) is 63.1. The molecule has 0 heterocycles. The maximum absolute atomic E-state index is 12.4. The van der Waals surface area contributed by atoms with E-state index in [0.29, 0.717) is 81.1 Å². The molecule has 0 fully saturated rings. The molecular weight excluding hydrogens is 1080 g/mol. The summed E-state index contributed by atoms with van der Waals surface area (Å²) in [5.74, 6) is -2.08. The van der Waals surface area contributed by atoms with Crippen molar-refractivity contribution in [1.29, 1.82) is 0 Å². The monoisotopic (exact) mass is 1160 g/mol. The van der Waals surface area contributed by atoms with Crippen LogP contribution in [0.2, 0.25) is 2.82 Å². The fourth-order valence-electron chi connectivity index (χ4n) is 8.40. The second-order valence-corrected chi connectivity index (χ2v) is 20.0. The third-order valence-corrected chi connectivity index (χ3v) is 12.0. The van der Waals surface area contributed by atoms with Gasteiger partial charge < -0.3 is 80.8 Å². The first-order valence-electron chi connectivity index (χ1n) is 26.7. The average molecular weight is 1160 g/mol. The summed E-state index contributed by atoms with van der Waals surface area (Å²) in [6.45, 7) is 4.82. The summed E-state index contributed by atoms with van der Waals surface area (Å²) in [6.07, 6.45) is 0.669. The molecule has 0 saturated heterocycles. The van der Waals surface area contributed by atoms with Crippen molar-refractivity contribution in [2.45, 2.75) is 63.6 Å². The van der Waals surface area contributed by atoms with Gasteiger partial charge in [0.15, 0.2) is 2.82 Å². The molecule has 0 spiro atoms. The Morgan fingerprint density at radius 2 is 0.840 bits per heavy atom. The molecule has 4 aromatic rings. The van der Waals surface area contributed by atoms with Crippen molar-refractivity contribution in [3.63, 3.8) is 0 Å². The number of nitrogens with two attached hydrogens (primary N) is 2. The molecule has 2 aliphatic rings. The van der Waals surface area contributed by atoms with Crippen LogP contribution in [-0.2, 0) is 67.2 Å². The van der Waals surface area contributed by atoms with Crippen LogP contribution in [0.1, 0.15) is 73.6 Å². The number of primary amides is 2. The predicted octanol–water partition coefficient (Wildman–Crippen LogP) is 4.73. The Balaban J connectivity index is 0.000000329. The van der Waals surface area contributed by atoms with Gasteiger partial charge in [0.1, 0.15) is 39.6 Å². The number of methoxy groups -OCH3 is 2. The van der Waals surface area contributed by atoms with Crippen LogP contribution in [0.15, 0.2) is 72.8 Å². The van der Waals surface area contributed by atoms with E-state index in [1.165, 1.54) is 0 Å². The van der Waals surface area contributed by atoms with Crippen LogP contribution in [-0.4, -0.2) is 171 Å². The number of hydrogen-bond acceptors (Lipinski definition) is 18. The Kier molecular flexibility index (Phi) is 26.7. The molecular formula is C55H74N6O19S. The lowest BCUT2D eigenvalue weighted by Gasteiger charge is -2.16. The number of rotatable bonds is 30. The van der Waals surface area contributed by atoms with Crippen molar-refractivity contribution in [1.82, 2.24) is 0 Å². The molecule has 0 aromatic heterocycles. The molecule has 11 N–H and O–H groups in total. The number of benzene rings is 4. The Bertz CT molecular complexity index is 2720. The zero-order valence-electron chi connectivity index (χ0n) is 47.8. The van der Waals surface area contributed by atoms with Gasteiger partial charge in [-0.15, -0.1) is 0 Å². The van der Waals surface area contributed by atoms with E-state index in [1.807, 2.05) is 48.5 Å². The van der Waals surface area contributed by atoms with Crippen molar-refractivity contribution >= 4 is 68.7 Å². The SMILES string of the molecule is CS(=O)(=O)O.[2H]NC(=O)OCC1c2cc(NC(=O)COCCCOC)ccc2-c2ccc(NC(=O)COC(C)CCO)cc21.[2H]NC(=O)OCC1c2cc(NC(=O)COCCCOC)ccc2-c2ccc(NC(=O)COC(C)CCO)cc21. The summed E-state index contributed by atoms with van der Waals surface area (Å²) in [4.78, 5) is 72.8. The number of nitrogens with one attached hydrogen (secondary N) is 4. The number of carbonyl (C=O) groups is 6. The van der Waals surface area contributed by atoms with Crippen molar-refractivity contribution < 1.29 is 92.7 Å². The zero-order chi connectivity index (χ0) is 60.9. The van der Waals surface area contributed by atoms with E-state index in [1.54, 1.807) is 63.8 Å². The molecule has 0 bridgehead atoms. The van der Waals surface area contributed by atoms with E-state index in [2.05, 4.69) is 21.3 Å². The molecule has 4 unspecified atom stereocenters. The van der Waals surface area contributed by atoms with Gasteiger partial charge in [-0.05, 0) is 133 Å². The lowest BCUT2D eigenvalue weighted by molar-refractivity contribution is -0.123. The van der Waals surface area contributed by atoms with Crippen LogP contribution in [0.3, 0.4) is 0 Å². The van der Waals surface area contributed by atoms with Gasteiger partial charge in [0, 0.05) is 88.4 Å². The maximum Gasteiger partial charge on any atom is 0.404 e. The maximum atomic E-state index is 12.4. The normalized spacial score (nSPS) is 14.4. The molecule has 81 heavy (non-hydrogen) atoms. The van der Waals surface area contributed by atoms with E-state index in [0.717, 1.165) is 44.5 Å². The van der Waals surface area contributed by atoms with E-state index in [-0.39, 0.29) is 88.7 Å². The molecule has 0 saturated carbocycles. The summed E-state index contributed by atoms with van der Waals surface area (Å²) in [6, 6.07) is 21.9. The van der Waals surface area contributed by atoms with Gasteiger partial charge in [-0.3, -0.25) is 23.7 Å². The van der Waals surface area contributed by atoms with Crippen LogP contribution in [0.25, 0.3) is 22.3 Å². The fourth-order valence-corrected chi connectivity index (χ4v) is 8.40. The topological polar surface area (TPSA) is 371 Å². The second-order valence-electron chi connectivity index (χ2n) is 18.5. The quantitative estimate of drug-likeness (QED) is 0.0252. The summed E-state index contributed by atoms with van der Waals surface area (Å²) >= 11 is 0. The molecule has 6 amide bonds. The lowest BCUT2D eigenvalue weighted by Crippen LogP contribution is -2.22. The van der Waals surface area contributed by atoms with Gasteiger partial charge in [-0.25, -0.2) is 9.59 Å². The van der Waals surface area contributed by atoms with Gasteiger partial charge in [-0.1, -0.05) is 24.3 Å². The Hall–Kier alpha value is -7.11. The number of aliphatic hydroxyl groups is 2. The third-order valence-electron chi connectivity index (χ3n) is 12.0. The number of ether oxygens (including phenoxy) is 8. The van der Waals surface area contributed by atoms with Crippen LogP contribution >= 0.6 is 0 Å². The summed E-state index contributed by atoms with van der Waals surface area (Å²) < 4.78 is 81.9. The molecule has 4 atom stereocenters. The van der Waals surface area contributed by atoms with E-state index >= 15 is 0 Å². The fraction of sp³-hybridized carbons (Fsp3) is 0.455. The van der Waals surface area contributed by atoms with E-state index in [9.17, 15) is 37.2 Å². The molecule has 4 aromatic carbocycles. The zero-order valence-corrected chi connectivity index (χ0v) is 46.6. The van der Waals surface area contributed by atoms with Gasteiger partial charge in [0.2, 0.25) is 23.6 Å². The highest BCUT2D eigenvalue weighted by Gasteiger charge is 2.32. The lowest BCUT2D eigenvalue weighted by atomic mass is 9.97. The first-order chi connectivity index (χ1) is 39.7. The van der Waals surface area contributed by atoms with Gasteiger partial charge in [-0.2, -0.15) is 8.42 Å². The predicted molar refractivity (Wildman–Crippen MR) is 299 cm³/mol. The number of carbonyl (C=O) groups excluding carboxylic acids is 6. The molecule has 0 aliphatic heterocycles. The Morgan fingerprint density at radius 1 is 0.543 bits per heavy atom. The third kappa shape index (κ3) is 23.5. The molecule has 2 aliphatic carbocycles. The molecule has 6 rings (SSSR count). The largest absolute Gasteiger partial charge is 0.449 e. The van der Waals surface area contributed by atoms with Crippen molar-refractivity contribution in [2.24, 2.45) is 11.5 Å². The molecule has 26 heteroatoms. The molecule has 25 nitrogen and oxygen atoms in total. The summed E-state index contributed by atoms with van der Waals surface area (Å²) in [5.41, 5.74) is 12.5. The molecule has 444 valence electrons. The smallest absolute Gasteiger partial charge is 0.404 e. The van der Waals surface area contributed by atoms with Gasteiger partial charge in [0.05, 0.1) is 18.5 Å². The highest BCUT2D eigenvalue weighted by Crippen LogP contribution is 2.48. The number of anilines is 4. The number of amides is 6. The first-order valence-corrected chi connectivity index (χ1v) is 27.5. The number of aliphatic hydroxyl groups excluding tert-OH is 2. The van der Waals surface area contributed by atoms with Crippen molar-refractivity contribution in [2.75, 3.05) is 121 Å². The van der Waals surface area contributed by atoms with Crippen LogP contribution in [0.4, 0.5) is 32.3 Å². The van der Waals surface area contributed by atoms with E-state index < -0.39 is 34.1 Å². The highest BCUT2D eigenvalue weighted by atomic mass is 32.2. The summed E-state index contributed by atoms with van der Waals surface area (Å²) in [5, 5.41) is 29.2. The van der Waals surface area contributed by atoms with Crippen LogP contribution < -0.4 is 32.7 Å². The minimum Gasteiger partial charge on any atom is -0.449 e.